The molecule has 2 aromatic heterocycles. The van der Waals surface area contributed by atoms with Crippen LogP contribution in [0.1, 0.15) is 32.4 Å². The Hall–Kier alpha value is -6.26. The van der Waals surface area contributed by atoms with E-state index in [1.54, 1.807) is 31.3 Å². The lowest BCUT2D eigenvalue weighted by molar-refractivity contribution is -0.385. The molecule has 0 aliphatic rings. The van der Waals surface area contributed by atoms with E-state index >= 15 is 0 Å². The third-order valence-electron chi connectivity index (χ3n) is 5.83. The van der Waals surface area contributed by atoms with Gasteiger partial charge >= 0.3 is 11.9 Å². The molecule has 43 heavy (non-hydrogen) atoms. The van der Waals surface area contributed by atoms with Gasteiger partial charge in [0.2, 0.25) is 0 Å². The number of rotatable bonds is 10. The molecule has 0 saturated heterocycles. The topological polar surface area (TPSA) is 204 Å². The van der Waals surface area contributed by atoms with Crippen LogP contribution in [0.2, 0.25) is 0 Å². The second-order valence-corrected chi connectivity index (χ2v) is 8.85. The van der Waals surface area contributed by atoms with Crippen LogP contribution in [0.15, 0.2) is 60.8 Å². The Labute approximate surface area is 242 Å². The number of nitro benzene ring substituents is 2. The summed E-state index contributed by atoms with van der Waals surface area (Å²) >= 11 is 0. The normalized spacial score (nSPS) is 11.4. The summed E-state index contributed by atoms with van der Waals surface area (Å²) in [6, 6.07) is 10.9. The van der Waals surface area contributed by atoms with Crippen molar-refractivity contribution in [3.63, 3.8) is 0 Å². The summed E-state index contributed by atoms with van der Waals surface area (Å²) in [4.78, 5) is 48.1. The quantitative estimate of drug-likeness (QED) is 0.113. The van der Waals surface area contributed by atoms with Crippen LogP contribution < -0.4 is 0 Å². The molecule has 0 N–H and O–H groups in total. The van der Waals surface area contributed by atoms with E-state index in [2.05, 4.69) is 20.6 Å². The summed E-state index contributed by atoms with van der Waals surface area (Å²) in [5, 5.41) is 38.3. The third kappa shape index (κ3) is 6.24. The first kappa shape index (κ1) is 29.7. The number of benzene rings is 2. The maximum absolute atomic E-state index is 12.7. The van der Waals surface area contributed by atoms with Gasteiger partial charge < -0.3 is 14.4 Å². The van der Waals surface area contributed by atoms with Crippen molar-refractivity contribution in [1.29, 1.82) is 0 Å². The molecule has 17 heteroatoms. The number of non-ortho nitro benzene ring substituents is 2. The molecule has 0 bridgehead atoms. The van der Waals surface area contributed by atoms with Gasteiger partial charge in [-0.05, 0) is 36.4 Å². The van der Waals surface area contributed by atoms with Crippen molar-refractivity contribution in [1.82, 2.24) is 34.9 Å². The summed E-state index contributed by atoms with van der Waals surface area (Å²) < 4.78 is 12.4. The van der Waals surface area contributed by atoms with Crippen molar-refractivity contribution in [2.24, 2.45) is 0 Å². The van der Waals surface area contributed by atoms with Gasteiger partial charge in [0, 0.05) is 50.1 Å². The van der Waals surface area contributed by atoms with E-state index < -0.39 is 21.8 Å². The standard InChI is InChI=1S/C26H23N9O8/c1-31(2)15-16(24-23(26(37)43-4)28-30-33(24)18-8-12-20(13-9-18)35(40)41)5-14-21-22(25(36)42-3)27-29-32(21)17-6-10-19(11-7-17)34(38)39/h5-15H,1-4H3/b14-5+,16-15-. The minimum Gasteiger partial charge on any atom is -0.464 e. The van der Waals surface area contributed by atoms with Gasteiger partial charge in [-0.2, -0.15) is 0 Å². The average Bonchev–Trinajstić information content (AvgIpc) is 3.63. The molecule has 0 aliphatic carbocycles. The highest BCUT2D eigenvalue weighted by molar-refractivity contribution is 5.96. The molecule has 0 aliphatic heterocycles. The van der Waals surface area contributed by atoms with Crippen LogP contribution in [0.25, 0.3) is 23.0 Å². The average molecular weight is 590 g/mol. The highest BCUT2D eigenvalue weighted by Crippen LogP contribution is 2.27. The van der Waals surface area contributed by atoms with Crippen molar-refractivity contribution in [2.45, 2.75) is 0 Å². The Kier molecular flexibility index (Phi) is 8.64. The first-order valence-corrected chi connectivity index (χ1v) is 12.2. The number of nitrogens with zero attached hydrogens (tertiary/aromatic N) is 9. The number of carbonyl (C=O) groups excluding carboxylic acids is 2. The van der Waals surface area contributed by atoms with Gasteiger partial charge in [-0.15, -0.1) is 10.2 Å². The van der Waals surface area contributed by atoms with Crippen molar-refractivity contribution < 1.29 is 28.9 Å². The first-order valence-electron chi connectivity index (χ1n) is 12.2. The third-order valence-corrected chi connectivity index (χ3v) is 5.83. The molecule has 0 spiro atoms. The molecule has 0 saturated carbocycles. The van der Waals surface area contributed by atoms with Crippen molar-refractivity contribution in [3.05, 3.63) is 104 Å². The number of esters is 2. The van der Waals surface area contributed by atoms with Gasteiger partial charge in [-0.1, -0.05) is 10.4 Å². The first-order chi connectivity index (χ1) is 20.5. The molecule has 0 amide bonds. The molecular formula is C26H23N9O8. The zero-order valence-electron chi connectivity index (χ0n) is 23.1. The number of carbonyl (C=O) groups is 2. The molecular weight excluding hydrogens is 566 g/mol. The number of hydrogen-bond donors (Lipinski definition) is 0. The molecule has 4 rings (SSSR count). The zero-order chi connectivity index (χ0) is 31.3. The Morgan fingerprint density at radius 3 is 1.74 bits per heavy atom. The number of methoxy groups -OCH3 is 2. The molecule has 0 radical (unpaired) electrons. The molecule has 4 aromatic rings. The van der Waals surface area contributed by atoms with Crippen LogP contribution in [-0.4, -0.2) is 85.0 Å². The second-order valence-electron chi connectivity index (χ2n) is 8.85. The number of aromatic nitrogens is 6. The predicted molar refractivity (Wildman–Crippen MR) is 149 cm³/mol. The fourth-order valence-electron chi connectivity index (χ4n) is 3.89. The molecule has 0 fully saturated rings. The summed E-state index contributed by atoms with van der Waals surface area (Å²) in [6.45, 7) is 0. The lowest BCUT2D eigenvalue weighted by Gasteiger charge is -2.12. The van der Waals surface area contributed by atoms with E-state index in [-0.39, 0.29) is 34.2 Å². The van der Waals surface area contributed by atoms with Crippen LogP contribution in [0.3, 0.4) is 0 Å². The van der Waals surface area contributed by atoms with Crippen LogP contribution in [0.5, 0.6) is 0 Å². The Morgan fingerprint density at radius 2 is 1.26 bits per heavy atom. The van der Waals surface area contributed by atoms with E-state index in [1.165, 1.54) is 78.2 Å². The SMILES string of the molecule is COC(=O)c1nnn(-c2ccc([N+](=O)[O-])cc2)c1/C=C/C(=C/N(C)C)c1c(C(=O)OC)nnn1-c1ccc([N+](=O)[O-])cc1. The molecule has 0 atom stereocenters. The lowest BCUT2D eigenvalue weighted by atomic mass is 10.1. The monoisotopic (exact) mass is 589 g/mol. The maximum atomic E-state index is 12.7. The van der Waals surface area contributed by atoms with Gasteiger partial charge in [0.25, 0.3) is 11.4 Å². The van der Waals surface area contributed by atoms with E-state index in [0.717, 1.165) is 0 Å². The summed E-state index contributed by atoms with van der Waals surface area (Å²) in [6.07, 6.45) is 4.67. The van der Waals surface area contributed by atoms with Gasteiger partial charge in [0.15, 0.2) is 11.4 Å². The number of allylic oxidation sites excluding steroid dienone is 2. The minimum atomic E-state index is -0.797. The van der Waals surface area contributed by atoms with E-state index in [9.17, 15) is 29.8 Å². The molecule has 220 valence electrons. The maximum Gasteiger partial charge on any atom is 0.360 e. The summed E-state index contributed by atoms with van der Waals surface area (Å²) in [7, 11) is 5.82. The minimum absolute atomic E-state index is 0.146. The highest BCUT2D eigenvalue weighted by Gasteiger charge is 2.25. The number of ether oxygens (including phenoxy) is 2. The van der Waals surface area contributed by atoms with Crippen molar-refractivity contribution in [3.8, 4) is 11.4 Å². The van der Waals surface area contributed by atoms with E-state index in [0.29, 0.717) is 16.9 Å². The van der Waals surface area contributed by atoms with Gasteiger partial charge in [0.05, 0.1) is 35.4 Å². The van der Waals surface area contributed by atoms with E-state index in [4.69, 9.17) is 9.47 Å². The number of nitro groups is 2. The van der Waals surface area contributed by atoms with Crippen LogP contribution in [-0.2, 0) is 9.47 Å². The summed E-state index contributed by atoms with van der Waals surface area (Å²) in [5.74, 6) is -1.59. The van der Waals surface area contributed by atoms with E-state index in [1.807, 2.05) is 0 Å². The highest BCUT2D eigenvalue weighted by atomic mass is 16.6. The largest absolute Gasteiger partial charge is 0.464 e. The van der Waals surface area contributed by atoms with Crippen LogP contribution in [0.4, 0.5) is 11.4 Å². The van der Waals surface area contributed by atoms with Crippen molar-refractivity contribution >= 4 is 35.0 Å². The Balaban J connectivity index is 1.90. The van der Waals surface area contributed by atoms with Gasteiger partial charge in [0.1, 0.15) is 11.4 Å². The molecule has 17 nitrogen and oxygen atoms in total. The van der Waals surface area contributed by atoms with Crippen LogP contribution in [0, 0.1) is 20.2 Å². The smallest absolute Gasteiger partial charge is 0.360 e. The Bertz CT molecular complexity index is 1750. The fourth-order valence-corrected chi connectivity index (χ4v) is 3.89. The molecule has 2 heterocycles. The second kappa shape index (κ2) is 12.5. The van der Waals surface area contributed by atoms with Crippen LogP contribution >= 0.6 is 0 Å². The van der Waals surface area contributed by atoms with Crippen molar-refractivity contribution in [2.75, 3.05) is 28.3 Å². The zero-order valence-corrected chi connectivity index (χ0v) is 23.1. The molecule has 2 aromatic carbocycles. The molecule has 0 unspecified atom stereocenters. The fraction of sp³-hybridized carbons (Fsp3) is 0.154. The summed E-state index contributed by atoms with van der Waals surface area (Å²) in [5.41, 5.74) is 0.774. The lowest BCUT2D eigenvalue weighted by Crippen LogP contribution is -2.10. The predicted octanol–water partition coefficient (Wildman–Crippen LogP) is 2.85. The van der Waals surface area contributed by atoms with Gasteiger partial charge in [-0.3, -0.25) is 20.2 Å². The van der Waals surface area contributed by atoms with Gasteiger partial charge in [-0.25, -0.2) is 19.0 Å². The Morgan fingerprint density at radius 1 is 0.791 bits per heavy atom. The number of hydrogen-bond acceptors (Lipinski definition) is 13.